The molecule has 0 aliphatic carbocycles. The Balaban J connectivity index is 1.52. The lowest BCUT2D eigenvalue weighted by Crippen LogP contribution is -2.62. The van der Waals surface area contributed by atoms with Crippen LogP contribution in [0.1, 0.15) is 12.8 Å². The first-order valence-corrected chi connectivity index (χ1v) is 8.11. The Morgan fingerprint density at radius 3 is 2.37 bits per heavy atom. The molecule has 2 atom stereocenters. The molecule has 0 amide bonds. The Bertz CT molecular complexity index is 448. The van der Waals surface area contributed by atoms with E-state index < -0.39 is 0 Å². The molecule has 5 heteroatoms. The van der Waals surface area contributed by atoms with Crippen LogP contribution in [0, 0.1) is 3.57 Å². The van der Waals surface area contributed by atoms with E-state index in [-0.39, 0.29) is 0 Å². The average Bonchev–Trinajstić information content (AvgIpc) is 2.60. The summed E-state index contributed by atoms with van der Waals surface area (Å²) in [6, 6.07) is 6.40. The lowest BCUT2D eigenvalue weighted by atomic mass is 10.1. The predicted octanol–water partition coefficient (Wildman–Crippen LogP) is 1.74. The first kappa shape index (κ1) is 12.3. The zero-order valence-electron chi connectivity index (χ0n) is 10.8. The van der Waals surface area contributed by atoms with Crippen LogP contribution in [-0.4, -0.2) is 54.3 Å². The summed E-state index contributed by atoms with van der Waals surface area (Å²) in [6.45, 7) is 4.13. The van der Waals surface area contributed by atoms with Crippen LogP contribution in [0.4, 0.5) is 5.82 Å². The summed E-state index contributed by atoms with van der Waals surface area (Å²) in [5.41, 5.74) is 0. The summed E-state index contributed by atoms with van der Waals surface area (Å²) in [7, 11) is 0. The zero-order valence-corrected chi connectivity index (χ0v) is 13.0. The SMILES string of the molecule is Ic1ccc(N2CC3CCC(C2)N3C2COC2)nc1. The second-order valence-electron chi connectivity index (χ2n) is 5.76. The molecule has 4 rings (SSSR count). The molecule has 19 heavy (non-hydrogen) atoms. The molecule has 1 aromatic heterocycles. The molecule has 0 radical (unpaired) electrons. The largest absolute Gasteiger partial charge is 0.378 e. The quantitative estimate of drug-likeness (QED) is 0.741. The van der Waals surface area contributed by atoms with Crippen LogP contribution >= 0.6 is 22.6 Å². The molecule has 0 aromatic carbocycles. The zero-order chi connectivity index (χ0) is 12.8. The van der Waals surface area contributed by atoms with Crippen molar-refractivity contribution in [3.8, 4) is 0 Å². The highest BCUT2D eigenvalue weighted by molar-refractivity contribution is 14.1. The van der Waals surface area contributed by atoms with Gasteiger partial charge in [-0.15, -0.1) is 0 Å². The Labute approximate surface area is 127 Å². The number of pyridine rings is 1. The van der Waals surface area contributed by atoms with Gasteiger partial charge in [0.25, 0.3) is 0 Å². The monoisotopic (exact) mass is 371 g/mol. The van der Waals surface area contributed by atoms with Gasteiger partial charge in [0.15, 0.2) is 0 Å². The van der Waals surface area contributed by atoms with Gasteiger partial charge in [-0.25, -0.2) is 4.98 Å². The summed E-state index contributed by atoms with van der Waals surface area (Å²) in [5.74, 6) is 1.14. The summed E-state index contributed by atoms with van der Waals surface area (Å²) in [6.07, 6.45) is 4.63. The van der Waals surface area contributed by atoms with Gasteiger partial charge in [-0.1, -0.05) is 0 Å². The van der Waals surface area contributed by atoms with Crippen LogP contribution in [0.15, 0.2) is 18.3 Å². The number of halogens is 1. The maximum atomic E-state index is 5.37. The molecule has 102 valence electrons. The smallest absolute Gasteiger partial charge is 0.128 e. The molecular weight excluding hydrogens is 353 g/mol. The number of anilines is 1. The van der Waals surface area contributed by atoms with E-state index >= 15 is 0 Å². The molecule has 3 fully saturated rings. The summed E-state index contributed by atoms with van der Waals surface area (Å²) in [5, 5.41) is 0. The molecule has 0 saturated carbocycles. The number of rotatable bonds is 2. The van der Waals surface area contributed by atoms with Crippen LogP contribution in [-0.2, 0) is 4.74 Å². The van der Waals surface area contributed by atoms with E-state index in [4.69, 9.17) is 4.74 Å². The van der Waals surface area contributed by atoms with Gasteiger partial charge in [-0.05, 0) is 47.6 Å². The van der Waals surface area contributed by atoms with Crippen molar-refractivity contribution >= 4 is 28.4 Å². The van der Waals surface area contributed by atoms with Crippen molar-refractivity contribution in [1.29, 1.82) is 0 Å². The molecule has 0 spiro atoms. The Kier molecular flexibility index (Phi) is 3.16. The van der Waals surface area contributed by atoms with Gasteiger partial charge in [0.05, 0.1) is 19.3 Å². The molecular formula is C14H18IN3O. The van der Waals surface area contributed by atoms with E-state index in [0.29, 0.717) is 18.1 Å². The van der Waals surface area contributed by atoms with Gasteiger partial charge in [-0.2, -0.15) is 0 Å². The number of nitrogens with zero attached hydrogens (tertiary/aromatic N) is 3. The molecule has 3 aliphatic rings. The van der Waals surface area contributed by atoms with E-state index in [1.54, 1.807) is 0 Å². The summed E-state index contributed by atoms with van der Waals surface area (Å²) in [4.78, 5) is 9.77. The van der Waals surface area contributed by atoms with E-state index in [1.165, 1.54) is 16.4 Å². The maximum absolute atomic E-state index is 5.37. The molecule has 2 bridgehead atoms. The third-order valence-corrected chi connectivity index (χ3v) is 5.25. The topological polar surface area (TPSA) is 28.6 Å². The Morgan fingerprint density at radius 2 is 1.84 bits per heavy atom. The van der Waals surface area contributed by atoms with Gasteiger partial charge in [0.1, 0.15) is 5.82 Å². The number of ether oxygens (including phenoxy) is 1. The van der Waals surface area contributed by atoms with Crippen molar-refractivity contribution in [2.24, 2.45) is 0 Å². The van der Waals surface area contributed by atoms with Crippen molar-refractivity contribution < 1.29 is 4.74 Å². The molecule has 0 N–H and O–H groups in total. The number of aromatic nitrogens is 1. The number of hydrogen-bond donors (Lipinski definition) is 0. The minimum Gasteiger partial charge on any atom is -0.378 e. The normalized spacial score (nSPS) is 31.5. The lowest BCUT2D eigenvalue weighted by molar-refractivity contribution is -0.0850. The van der Waals surface area contributed by atoms with Crippen LogP contribution in [0.25, 0.3) is 0 Å². The van der Waals surface area contributed by atoms with Crippen molar-refractivity contribution in [2.75, 3.05) is 31.2 Å². The van der Waals surface area contributed by atoms with Crippen LogP contribution in [0.2, 0.25) is 0 Å². The number of hydrogen-bond acceptors (Lipinski definition) is 4. The number of piperazine rings is 1. The van der Waals surface area contributed by atoms with Crippen molar-refractivity contribution in [2.45, 2.75) is 31.0 Å². The van der Waals surface area contributed by atoms with E-state index in [2.05, 4.69) is 49.5 Å². The van der Waals surface area contributed by atoms with Crippen molar-refractivity contribution in [3.63, 3.8) is 0 Å². The van der Waals surface area contributed by atoms with Gasteiger partial charge < -0.3 is 9.64 Å². The predicted molar refractivity (Wildman–Crippen MR) is 82.4 cm³/mol. The second-order valence-corrected chi connectivity index (χ2v) is 7.01. The Hall–Kier alpha value is -0.400. The molecule has 4 nitrogen and oxygen atoms in total. The summed E-state index contributed by atoms with van der Waals surface area (Å²) < 4.78 is 6.57. The highest BCUT2D eigenvalue weighted by Gasteiger charge is 2.45. The molecule has 3 aliphatic heterocycles. The minimum atomic E-state index is 0.685. The highest BCUT2D eigenvalue weighted by atomic mass is 127. The molecule has 4 heterocycles. The van der Waals surface area contributed by atoms with Crippen LogP contribution < -0.4 is 4.90 Å². The lowest BCUT2D eigenvalue weighted by Gasteiger charge is -2.47. The molecule has 2 unspecified atom stereocenters. The van der Waals surface area contributed by atoms with E-state index in [0.717, 1.165) is 32.1 Å². The first-order chi connectivity index (χ1) is 9.31. The van der Waals surface area contributed by atoms with Gasteiger partial charge in [-0.3, -0.25) is 4.90 Å². The Morgan fingerprint density at radius 1 is 1.11 bits per heavy atom. The van der Waals surface area contributed by atoms with Crippen LogP contribution in [0.3, 0.4) is 0 Å². The van der Waals surface area contributed by atoms with Gasteiger partial charge in [0, 0.05) is 34.9 Å². The molecule has 3 saturated heterocycles. The first-order valence-electron chi connectivity index (χ1n) is 7.03. The average molecular weight is 371 g/mol. The fourth-order valence-corrected chi connectivity index (χ4v) is 3.99. The standard InChI is InChI=1S/C14H18IN3O/c15-10-1-4-14(16-5-10)17-6-11-2-3-12(7-17)18(11)13-8-19-9-13/h1,4-5,11-13H,2-3,6-9H2. The minimum absolute atomic E-state index is 0.685. The third kappa shape index (κ3) is 2.15. The maximum Gasteiger partial charge on any atom is 0.128 e. The fraction of sp³-hybridized carbons (Fsp3) is 0.643. The highest BCUT2D eigenvalue weighted by Crippen LogP contribution is 2.35. The van der Waals surface area contributed by atoms with Gasteiger partial charge in [0.2, 0.25) is 0 Å². The van der Waals surface area contributed by atoms with Gasteiger partial charge >= 0.3 is 0 Å². The van der Waals surface area contributed by atoms with Crippen LogP contribution in [0.5, 0.6) is 0 Å². The fourth-order valence-electron chi connectivity index (χ4n) is 3.67. The molecule has 1 aromatic rings. The third-order valence-electron chi connectivity index (χ3n) is 4.62. The van der Waals surface area contributed by atoms with E-state index in [9.17, 15) is 0 Å². The van der Waals surface area contributed by atoms with Crippen molar-refractivity contribution in [1.82, 2.24) is 9.88 Å². The van der Waals surface area contributed by atoms with Crippen molar-refractivity contribution in [3.05, 3.63) is 21.9 Å². The summed E-state index contributed by atoms with van der Waals surface area (Å²) >= 11 is 2.31. The van der Waals surface area contributed by atoms with E-state index in [1.807, 2.05) is 6.20 Å². The number of fused-ring (bicyclic) bond motifs is 2. The second kappa shape index (κ2) is 4.86.